The number of rotatable bonds is 4. The van der Waals surface area contributed by atoms with Crippen LogP contribution in [0, 0.1) is 0 Å². The van der Waals surface area contributed by atoms with E-state index in [4.69, 9.17) is 12.2 Å². The zero-order chi connectivity index (χ0) is 26.1. The van der Waals surface area contributed by atoms with Crippen LogP contribution in [0.2, 0.25) is 0 Å². The summed E-state index contributed by atoms with van der Waals surface area (Å²) in [4.78, 5) is 31.9. The third-order valence-electron chi connectivity index (χ3n) is 7.35. The molecule has 2 aliphatic rings. The van der Waals surface area contributed by atoms with Gasteiger partial charge in [0.1, 0.15) is 4.99 Å². The molecule has 0 saturated carbocycles. The van der Waals surface area contributed by atoms with Gasteiger partial charge in [0.15, 0.2) is 0 Å². The van der Waals surface area contributed by atoms with Crippen LogP contribution in [0.1, 0.15) is 39.1 Å². The molecule has 2 heterocycles. The van der Waals surface area contributed by atoms with E-state index >= 15 is 0 Å². The van der Waals surface area contributed by atoms with Crippen molar-refractivity contribution in [2.75, 3.05) is 23.3 Å². The van der Waals surface area contributed by atoms with Crippen LogP contribution in [-0.4, -0.2) is 40.8 Å². The van der Waals surface area contributed by atoms with Gasteiger partial charge >= 0.3 is 0 Å². The molecule has 188 valence electrons. The van der Waals surface area contributed by atoms with Crippen molar-refractivity contribution in [3.8, 4) is 11.1 Å². The van der Waals surface area contributed by atoms with Gasteiger partial charge in [-0.2, -0.15) is 0 Å². The van der Waals surface area contributed by atoms with Crippen LogP contribution in [0.4, 0.5) is 11.4 Å². The average Bonchev–Trinajstić information content (AvgIpc) is 3.40. The summed E-state index contributed by atoms with van der Waals surface area (Å²) in [7, 11) is 0. The van der Waals surface area contributed by atoms with Crippen LogP contribution < -0.4 is 10.2 Å². The molecule has 2 aliphatic heterocycles. The maximum atomic E-state index is 13.7. The highest BCUT2D eigenvalue weighted by Gasteiger charge is 2.36. The number of amides is 2. The van der Waals surface area contributed by atoms with E-state index in [0.717, 1.165) is 46.8 Å². The van der Waals surface area contributed by atoms with E-state index in [1.807, 2.05) is 83.8 Å². The topological polar surface area (TPSA) is 52.7 Å². The van der Waals surface area contributed by atoms with Crippen molar-refractivity contribution in [3.05, 3.63) is 120 Å². The molecule has 0 unspecified atom stereocenters. The summed E-state index contributed by atoms with van der Waals surface area (Å²) >= 11 is 5.83. The molecule has 38 heavy (non-hydrogen) atoms. The van der Waals surface area contributed by atoms with Crippen molar-refractivity contribution in [2.24, 2.45) is 0 Å². The number of hydrogen-bond acceptors (Lipinski definition) is 3. The van der Waals surface area contributed by atoms with E-state index in [0.29, 0.717) is 23.4 Å². The molecule has 1 atom stereocenters. The van der Waals surface area contributed by atoms with E-state index in [2.05, 4.69) is 10.2 Å². The van der Waals surface area contributed by atoms with E-state index < -0.39 is 0 Å². The van der Waals surface area contributed by atoms with Gasteiger partial charge in [-0.3, -0.25) is 9.59 Å². The molecule has 0 spiro atoms. The Bertz CT molecular complexity index is 1520. The molecular weight excluding hydrogens is 490 g/mol. The van der Waals surface area contributed by atoms with Crippen LogP contribution in [-0.2, 0) is 0 Å². The molecule has 1 N–H and O–H groups in total. The van der Waals surface area contributed by atoms with Crippen molar-refractivity contribution >= 4 is 40.4 Å². The van der Waals surface area contributed by atoms with E-state index in [9.17, 15) is 9.59 Å². The summed E-state index contributed by atoms with van der Waals surface area (Å²) in [5.41, 5.74) is 5.44. The van der Waals surface area contributed by atoms with Gasteiger partial charge in [0.2, 0.25) is 0 Å². The molecule has 1 saturated heterocycles. The van der Waals surface area contributed by atoms with Gasteiger partial charge in [-0.05, 0) is 66.4 Å². The maximum Gasteiger partial charge on any atom is 0.258 e. The Kier molecular flexibility index (Phi) is 6.48. The molecular formula is C32H27N3O2S. The number of carbonyl (C=O) groups excluding carboxylic acids is 2. The number of anilines is 2. The van der Waals surface area contributed by atoms with Crippen molar-refractivity contribution in [2.45, 2.75) is 18.9 Å². The number of nitrogens with one attached hydrogen (secondary N) is 1. The van der Waals surface area contributed by atoms with E-state index in [1.54, 1.807) is 24.3 Å². The molecule has 2 amide bonds. The number of carbonyl (C=O) groups is 2. The summed E-state index contributed by atoms with van der Waals surface area (Å²) in [6.45, 7) is 1.53. The van der Waals surface area contributed by atoms with Gasteiger partial charge in [0.25, 0.3) is 11.8 Å². The first kappa shape index (κ1) is 24.1. The minimum atomic E-state index is -0.195. The first-order chi connectivity index (χ1) is 18.6. The van der Waals surface area contributed by atoms with E-state index in [-0.39, 0.29) is 17.9 Å². The number of nitrogens with zero attached hydrogens (tertiary/aromatic N) is 2. The lowest BCUT2D eigenvalue weighted by atomic mass is 9.99. The van der Waals surface area contributed by atoms with E-state index in [1.165, 1.54) is 0 Å². The predicted molar refractivity (Wildman–Crippen MR) is 156 cm³/mol. The number of para-hydroxylation sites is 1. The molecule has 0 bridgehead atoms. The fourth-order valence-electron chi connectivity index (χ4n) is 5.44. The summed E-state index contributed by atoms with van der Waals surface area (Å²) in [6, 6.07) is 32.7. The number of hydrogen-bond donors (Lipinski definition) is 1. The highest BCUT2D eigenvalue weighted by Crippen LogP contribution is 2.33. The summed E-state index contributed by atoms with van der Waals surface area (Å²) in [5.74, 6) is -0.263. The Balaban J connectivity index is 1.23. The van der Waals surface area contributed by atoms with Crippen LogP contribution >= 0.6 is 12.2 Å². The van der Waals surface area contributed by atoms with Gasteiger partial charge in [-0.15, -0.1) is 0 Å². The van der Waals surface area contributed by atoms with Crippen molar-refractivity contribution < 1.29 is 9.59 Å². The Morgan fingerprint density at radius 1 is 0.789 bits per heavy atom. The Morgan fingerprint density at radius 2 is 1.47 bits per heavy atom. The molecule has 6 rings (SSSR count). The fourth-order valence-corrected chi connectivity index (χ4v) is 5.85. The van der Waals surface area contributed by atoms with Gasteiger partial charge in [-0.25, -0.2) is 0 Å². The zero-order valence-corrected chi connectivity index (χ0v) is 21.7. The van der Waals surface area contributed by atoms with Crippen LogP contribution in [0.25, 0.3) is 11.1 Å². The molecule has 4 aromatic rings. The number of benzene rings is 4. The van der Waals surface area contributed by atoms with Crippen LogP contribution in [0.15, 0.2) is 103 Å². The maximum absolute atomic E-state index is 13.7. The summed E-state index contributed by atoms with van der Waals surface area (Å²) < 4.78 is 0. The first-order valence-corrected chi connectivity index (χ1v) is 13.3. The van der Waals surface area contributed by atoms with Crippen molar-refractivity contribution in [1.29, 1.82) is 0 Å². The summed E-state index contributed by atoms with van der Waals surface area (Å²) in [6.07, 6.45) is 2.10. The standard InChI is InChI=1S/C32H27N3O2S/c36-30(27-13-5-4-12-26(27)22-9-2-1-3-10-22)33-24-18-16-23(17-19-24)31(37)35-21-25-11-8-20-34(25)32(38)28-14-6-7-15-29(28)35/h1-7,9-10,12-19,25H,8,11,20-21H2,(H,33,36)/t25-/m1/s1. The molecule has 1 fully saturated rings. The van der Waals surface area contributed by atoms with Gasteiger partial charge < -0.3 is 15.1 Å². The first-order valence-electron chi connectivity index (χ1n) is 12.9. The fraction of sp³-hybridized carbons (Fsp3) is 0.156. The second-order valence-corrected chi connectivity index (χ2v) is 10.1. The third-order valence-corrected chi connectivity index (χ3v) is 7.80. The van der Waals surface area contributed by atoms with Gasteiger partial charge in [0, 0.05) is 41.5 Å². The quantitative estimate of drug-likeness (QED) is 0.318. The smallest absolute Gasteiger partial charge is 0.258 e. The average molecular weight is 518 g/mol. The Hall–Kier alpha value is -4.29. The Morgan fingerprint density at radius 3 is 2.26 bits per heavy atom. The van der Waals surface area contributed by atoms with Gasteiger partial charge in [-0.1, -0.05) is 72.9 Å². The molecule has 0 aliphatic carbocycles. The lowest BCUT2D eigenvalue weighted by Gasteiger charge is -2.27. The zero-order valence-electron chi connectivity index (χ0n) is 20.8. The normalized spacial score (nSPS) is 16.4. The van der Waals surface area contributed by atoms with Crippen molar-refractivity contribution in [1.82, 2.24) is 4.90 Å². The van der Waals surface area contributed by atoms with Crippen LogP contribution in [0.3, 0.4) is 0 Å². The second kappa shape index (κ2) is 10.2. The van der Waals surface area contributed by atoms with Crippen LogP contribution in [0.5, 0.6) is 0 Å². The predicted octanol–water partition coefficient (Wildman–Crippen LogP) is 6.41. The lowest BCUT2D eigenvalue weighted by molar-refractivity contribution is 0.0982. The molecule has 6 heteroatoms. The highest BCUT2D eigenvalue weighted by molar-refractivity contribution is 7.80. The summed E-state index contributed by atoms with van der Waals surface area (Å²) in [5, 5.41) is 2.99. The SMILES string of the molecule is O=C(Nc1ccc(C(=O)N2C[C@H]3CCCN3C(=S)c3ccccc32)cc1)c1ccccc1-c1ccccc1. The van der Waals surface area contributed by atoms with Gasteiger partial charge in [0.05, 0.1) is 5.69 Å². The Labute approximate surface area is 227 Å². The molecule has 4 aromatic carbocycles. The molecule has 5 nitrogen and oxygen atoms in total. The highest BCUT2D eigenvalue weighted by atomic mass is 32.1. The molecule has 0 radical (unpaired) electrons. The largest absolute Gasteiger partial charge is 0.357 e. The minimum Gasteiger partial charge on any atom is -0.357 e. The van der Waals surface area contributed by atoms with Crippen molar-refractivity contribution in [3.63, 3.8) is 0 Å². The lowest BCUT2D eigenvalue weighted by Crippen LogP contribution is -2.41. The number of fused-ring (bicyclic) bond motifs is 2. The third kappa shape index (κ3) is 4.48. The number of thiocarbonyl (C=S) groups is 1. The molecule has 0 aromatic heterocycles. The minimum absolute atomic E-state index is 0.0682. The second-order valence-electron chi connectivity index (χ2n) is 9.67. The monoisotopic (exact) mass is 517 g/mol.